The van der Waals surface area contributed by atoms with Crippen molar-refractivity contribution in [2.45, 2.75) is 6.92 Å². The molecule has 3 rings (SSSR count). The Morgan fingerprint density at radius 1 is 1.04 bits per heavy atom. The second-order valence-corrected chi connectivity index (χ2v) is 5.55. The molecule has 0 unspecified atom stereocenters. The molecule has 6 heteroatoms. The average Bonchev–Trinajstić information content (AvgIpc) is 2.61. The Balaban J connectivity index is 2.35. The van der Waals surface area contributed by atoms with Gasteiger partial charge in [-0.1, -0.05) is 11.6 Å². The first kappa shape index (κ1) is 16.6. The number of carbonyl (C=O) groups is 2. The molecule has 25 heavy (non-hydrogen) atoms. The Bertz CT molecular complexity index is 1050. The van der Waals surface area contributed by atoms with Gasteiger partial charge < -0.3 is 4.74 Å². The van der Waals surface area contributed by atoms with Gasteiger partial charge in [0.05, 0.1) is 12.6 Å². The van der Waals surface area contributed by atoms with E-state index >= 15 is 0 Å². The summed E-state index contributed by atoms with van der Waals surface area (Å²) in [5.74, 6) is -1.85. The van der Waals surface area contributed by atoms with Crippen LogP contribution in [0.25, 0.3) is 10.9 Å². The molecule has 0 aliphatic carbocycles. The average molecular weight is 339 g/mol. The number of methoxy groups -OCH3 is 1. The Kier molecular flexibility index (Phi) is 4.19. The number of hydrogen-bond donors (Lipinski definition) is 0. The van der Waals surface area contributed by atoms with Crippen LogP contribution in [0.3, 0.4) is 0 Å². The van der Waals surface area contributed by atoms with Crippen LogP contribution in [0.2, 0.25) is 0 Å². The van der Waals surface area contributed by atoms with Crippen LogP contribution in [-0.2, 0) is 4.74 Å². The van der Waals surface area contributed by atoms with E-state index in [0.717, 1.165) is 28.3 Å². The maximum absolute atomic E-state index is 13.1. The summed E-state index contributed by atoms with van der Waals surface area (Å²) in [6.45, 7) is 1.82. The lowest BCUT2D eigenvalue weighted by Gasteiger charge is -2.14. The van der Waals surface area contributed by atoms with Crippen molar-refractivity contribution in [2.24, 2.45) is 0 Å². The molecule has 2 aromatic carbocycles. The van der Waals surface area contributed by atoms with Crippen LogP contribution >= 0.6 is 0 Å². The number of hydrogen-bond acceptors (Lipinski definition) is 4. The maximum atomic E-state index is 13.1. The number of esters is 1. The molecule has 126 valence electrons. The monoisotopic (exact) mass is 339 g/mol. The minimum Gasteiger partial charge on any atom is -0.464 e. The fourth-order valence-corrected chi connectivity index (χ4v) is 2.63. The zero-order chi connectivity index (χ0) is 18.1. The highest BCUT2D eigenvalue weighted by molar-refractivity contribution is 6.06. The summed E-state index contributed by atoms with van der Waals surface area (Å²) < 4.78 is 19.0. The second kappa shape index (κ2) is 6.32. The van der Waals surface area contributed by atoms with Gasteiger partial charge in [-0.3, -0.25) is 14.2 Å². The van der Waals surface area contributed by atoms with Crippen LogP contribution in [0.4, 0.5) is 4.39 Å². The zero-order valence-corrected chi connectivity index (χ0v) is 13.6. The molecule has 0 saturated heterocycles. The van der Waals surface area contributed by atoms with Crippen molar-refractivity contribution in [1.29, 1.82) is 0 Å². The summed E-state index contributed by atoms with van der Waals surface area (Å²) in [5.41, 5.74) is 0.738. The number of pyridine rings is 1. The number of halogens is 1. The van der Waals surface area contributed by atoms with Gasteiger partial charge in [0, 0.05) is 17.0 Å². The van der Waals surface area contributed by atoms with E-state index in [2.05, 4.69) is 0 Å². The quantitative estimate of drug-likeness (QED) is 0.674. The molecule has 0 N–H and O–H groups in total. The van der Waals surface area contributed by atoms with Gasteiger partial charge in [0.2, 0.25) is 0 Å². The first-order valence-electron chi connectivity index (χ1n) is 7.47. The van der Waals surface area contributed by atoms with E-state index in [4.69, 9.17) is 4.74 Å². The first-order chi connectivity index (χ1) is 11.9. The highest BCUT2D eigenvalue weighted by Gasteiger charge is 2.21. The fourth-order valence-electron chi connectivity index (χ4n) is 2.63. The predicted octanol–water partition coefficient (Wildman–Crippen LogP) is 2.92. The molecule has 0 saturated carbocycles. The molecule has 1 heterocycles. The molecule has 0 fully saturated rings. The van der Waals surface area contributed by atoms with E-state index in [1.807, 2.05) is 6.92 Å². The summed E-state index contributed by atoms with van der Waals surface area (Å²) in [6.07, 6.45) is 0. The maximum Gasteiger partial charge on any atom is 0.355 e. The lowest BCUT2D eigenvalue weighted by Crippen LogP contribution is -2.25. The molecule has 1 aromatic heterocycles. The number of fused-ring (bicyclic) bond motifs is 1. The molecular weight excluding hydrogens is 325 g/mol. The summed E-state index contributed by atoms with van der Waals surface area (Å²) >= 11 is 0. The van der Waals surface area contributed by atoms with E-state index in [0.29, 0.717) is 5.39 Å². The van der Waals surface area contributed by atoms with Crippen molar-refractivity contribution in [3.8, 4) is 0 Å². The van der Waals surface area contributed by atoms with E-state index in [1.165, 1.54) is 19.2 Å². The third kappa shape index (κ3) is 2.94. The van der Waals surface area contributed by atoms with Gasteiger partial charge in [0.15, 0.2) is 5.43 Å². The number of ether oxygens (including phenoxy) is 1. The first-order valence-corrected chi connectivity index (χ1v) is 7.47. The van der Waals surface area contributed by atoms with Crippen molar-refractivity contribution < 1.29 is 18.7 Å². The number of carbonyl (C=O) groups excluding carboxylic acids is 2. The van der Waals surface area contributed by atoms with E-state index in [9.17, 15) is 18.8 Å². The molecule has 0 atom stereocenters. The van der Waals surface area contributed by atoms with Gasteiger partial charge >= 0.3 is 5.97 Å². The van der Waals surface area contributed by atoms with E-state index in [1.54, 1.807) is 18.2 Å². The standard InChI is InChI=1S/C19H14FNO4/c1-11-3-8-15-14(9-11)17(22)10-16(19(24)25-2)21(15)18(23)12-4-6-13(20)7-5-12/h3-10H,1-2H3. The van der Waals surface area contributed by atoms with Crippen LogP contribution in [0.1, 0.15) is 26.4 Å². The third-order valence-corrected chi connectivity index (χ3v) is 3.86. The summed E-state index contributed by atoms with van der Waals surface area (Å²) in [5, 5.41) is 0.308. The molecule has 0 amide bonds. The highest BCUT2D eigenvalue weighted by Crippen LogP contribution is 2.18. The topological polar surface area (TPSA) is 65.4 Å². The third-order valence-electron chi connectivity index (χ3n) is 3.86. The molecule has 5 nitrogen and oxygen atoms in total. The largest absolute Gasteiger partial charge is 0.464 e. The molecule has 0 spiro atoms. The van der Waals surface area contributed by atoms with Crippen molar-refractivity contribution in [3.05, 3.63) is 81.4 Å². The van der Waals surface area contributed by atoms with Gasteiger partial charge in [-0.2, -0.15) is 0 Å². The van der Waals surface area contributed by atoms with Crippen molar-refractivity contribution in [1.82, 2.24) is 4.57 Å². The number of nitrogens with zero attached hydrogens (tertiary/aromatic N) is 1. The normalized spacial score (nSPS) is 10.7. The predicted molar refractivity (Wildman–Crippen MR) is 90.4 cm³/mol. The van der Waals surface area contributed by atoms with E-state index < -0.39 is 17.7 Å². The van der Waals surface area contributed by atoms with Crippen LogP contribution in [0.15, 0.2) is 53.3 Å². The number of aromatic nitrogens is 1. The Morgan fingerprint density at radius 3 is 2.36 bits per heavy atom. The molecule has 0 aliphatic rings. The van der Waals surface area contributed by atoms with E-state index in [-0.39, 0.29) is 22.2 Å². The number of benzene rings is 2. The minimum atomic E-state index is -0.810. The fraction of sp³-hybridized carbons (Fsp3) is 0.105. The van der Waals surface area contributed by atoms with Gasteiger partial charge in [-0.25, -0.2) is 9.18 Å². The smallest absolute Gasteiger partial charge is 0.355 e. The SMILES string of the molecule is COC(=O)c1cc(=O)c2cc(C)ccc2n1C(=O)c1ccc(F)cc1. The van der Waals surface area contributed by atoms with Gasteiger partial charge in [-0.15, -0.1) is 0 Å². The molecule has 0 bridgehead atoms. The van der Waals surface area contributed by atoms with Crippen LogP contribution in [-0.4, -0.2) is 23.6 Å². The molecule has 3 aromatic rings. The van der Waals surface area contributed by atoms with Gasteiger partial charge in [0.1, 0.15) is 11.5 Å². The summed E-state index contributed by atoms with van der Waals surface area (Å²) in [6, 6.07) is 11.0. The van der Waals surface area contributed by atoms with Gasteiger partial charge in [-0.05, 0) is 43.3 Å². The minimum absolute atomic E-state index is 0.178. The second-order valence-electron chi connectivity index (χ2n) is 5.55. The zero-order valence-electron chi connectivity index (χ0n) is 13.6. The van der Waals surface area contributed by atoms with Crippen molar-refractivity contribution in [2.75, 3.05) is 7.11 Å². The Morgan fingerprint density at radius 2 is 1.72 bits per heavy atom. The molecule has 0 aliphatic heterocycles. The number of aryl methyl sites for hydroxylation is 1. The van der Waals surface area contributed by atoms with Crippen LogP contribution in [0, 0.1) is 12.7 Å². The van der Waals surface area contributed by atoms with Crippen LogP contribution in [0.5, 0.6) is 0 Å². The lowest BCUT2D eigenvalue weighted by molar-refractivity contribution is 0.0583. The Hall–Kier alpha value is -3.28. The van der Waals surface area contributed by atoms with Crippen LogP contribution < -0.4 is 5.43 Å². The summed E-state index contributed by atoms with van der Waals surface area (Å²) in [7, 11) is 1.17. The summed E-state index contributed by atoms with van der Waals surface area (Å²) in [4.78, 5) is 37.4. The lowest BCUT2D eigenvalue weighted by atomic mass is 10.1. The van der Waals surface area contributed by atoms with Crippen molar-refractivity contribution in [3.63, 3.8) is 0 Å². The molecule has 0 radical (unpaired) electrons. The van der Waals surface area contributed by atoms with Gasteiger partial charge in [0.25, 0.3) is 5.91 Å². The number of rotatable bonds is 2. The highest BCUT2D eigenvalue weighted by atomic mass is 19.1. The Labute approximate surface area is 142 Å². The molecular formula is C19H14FNO4. The van der Waals surface area contributed by atoms with Crippen molar-refractivity contribution >= 4 is 22.8 Å².